The van der Waals surface area contributed by atoms with E-state index in [0.29, 0.717) is 45.0 Å². The maximum absolute atomic E-state index is 11.4. The highest BCUT2D eigenvalue weighted by molar-refractivity contribution is 5.86. The maximum Gasteiger partial charge on any atom is 0.333 e. The molecule has 128 valence electrons. The largest absolute Gasteiger partial charge is 0.460 e. The molecule has 0 fully saturated rings. The number of esters is 1. The molecule has 8 heteroatoms. The van der Waals surface area contributed by atoms with Gasteiger partial charge in [-0.1, -0.05) is 6.58 Å². The third kappa shape index (κ3) is 8.12. The van der Waals surface area contributed by atoms with Crippen LogP contribution < -0.4 is 11.2 Å². The summed E-state index contributed by atoms with van der Waals surface area (Å²) in [7, 11) is 0. The molecule has 1 aromatic rings. The molecule has 1 rings (SSSR count). The number of ether oxygens (including phenoxy) is 3. The first-order chi connectivity index (χ1) is 11.0. The first kappa shape index (κ1) is 18.9. The molecule has 0 radical (unpaired) electrons. The number of rotatable bonds is 11. The summed E-state index contributed by atoms with van der Waals surface area (Å²) < 4.78 is 16.9. The van der Waals surface area contributed by atoms with Gasteiger partial charge in [0.15, 0.2) is 0 Å². The normalized spacial score (nSPS) is 10.5. The Hall–Kier alpha value is -2.19. The van der Waals surface area contributed by atoms with Crippen molar-refractivity contribution in [1.82, 2.24) is 9.55 Å². The monoisotopic (exact) mass is 326 g/mol. The van der Waals surface area contributed by atoms with Crippen LogP contribution in [0.4, 0.5) is 0 Å². The lowest BCUT2D eigenvalue weighted by Gasteiger charge is -2.07. The summed E-state index contributed by atoms with van der Waals surface area (Å²) in [4.78, 5) is 35.5. The lowest BCUT2D eigenvalue weighted by Crippen LogP contribution is -2.28. The van der Waals surface area contributed by atoms with Gasteiger partial charge < -0.3 is 18.8 Å². The number of aromatic nitrogens is 2. The van der Waals surface area contributed by atoms with Gasteiger partial charge in [0.2, 0.25) is 0 Å². The summed E-state index contributed by atoms with van der Waals surface area (Å²) >= 11 is 0. The van der Waals surface area contributed by atoms with Gasteiger partial charge in [0.05, 0.1) is 19.8 Å². The molecule has 0 aliphatic carbocycles. The molecule has 0 atom stereocenters. The fourth-order valence-electron chi connectivity index (χ4n) is 1.60. The molecule has 0 bridgehead atoms. The summed E-state index contributed by atoms with van der Waals surface area (Å²) in [5.41, 5.74) is -0.478. The first-order valence-electron chi connectivity index (χ1n) is 7.28. The average Bonchev–Trinajstić information content (AvgIpc) is 2.50. The summed E-state index contributed by atoms with van der Waals surface area (Å²) in [6.07, 6.45) is 2.10. The lowest BCUT2D eigenvalue weighted by molar-refractivity contribution is -0.140. The van der Waals surface area contributed by atoms with E-state index in [-0.39, 0.29) is 6.61 Å². The van der Waals surface area contributed by atoms with Crippen molar-refractivity contribution in [3.63, 3.8) is 0 Å². The molecule has 0 aliphatic rings. The van der Waals surface area contributed by atoms with Crippen LogP contribution in [0.15, 0.2) is 34.0 Å². The molecular formula is C15H22N2O6. The van der Waals surface area contributed by atoms with Gasteiger partial charge in [-0.15, -0.1) is 0 Å². The Kier molecular flexibility index (Phi) is 8.63. The van der Waals surface area contributed by atoms with Crippen molar-refractivity contribution in [2.24, 2.45) is 0 Å². The van der Waals surface area contributed by atoms with Crippen molar-refractivity contribution < 1.29 is 19.0 Å². The second-order valence-corrected chi connectivity index (χ2v) is 4.80. The van der Waals surface area contributed by atoms with Crippen molar-refractivity contribution in [1.29, 1.82) is 0 Å². The van der Waals surface area contributed by atoms with E-state index in [1.165, 1.54) is 16.8 Å². The van der Waals surface area contributed by atoms with Crippen LogP contribution in [0.25, 0.3) is 0 Å². The maximum atomic E-state index is 11.4. The first-order valence-corrected chi connectivity index (χ1v) is 7.28. The minimum absolute atomic E-state index is 0.181. The van der Waals surface area contributed by atoms with Crippen molar-refractivity contribution in [2.45, 2.75) is 19.9 Å². The van der Waals surface area contributed by atoms with Crippen LogP contribution in [0.1, 0.15) is 13.3 Å². The van der Waals surface area contributed by atoms with E-state index in [4.69, 9.17) is 14.2 Å². The van der Waals surface area contributed by atoms with Crippen LogP contribution >= 0.6 is 0 Å². The van der Waals surface area contributed by atoms with E-state index >= 15 is 0 Å². The minimum Gasteiger partial charge on any atom is -0.460 e. The third-order valence-corrected chi connectivity index (χ3v) is 2.77. The Morgan fingerprint density at radius 2 is 1.83 bits per heavy atom. The number of carbonyl (C=O) groups is 1. The van der Waals surface area contributed by atoms with Crippen LogP contribution in [0.3, 0.4) is 0 Å². The third-order valence-electron chi connectivity index (χ3n) is 2.77. The van der Waals surface area contributed by atoms with Crippen LogP contribution in [0.5, 0.6) is 0 Å². The molecule has 0 spiro atoms. The summed E-state index contributed by atoms with van der Waals surface area (Å²) in [6.45, 7) is 7.27. The number of H-pyrrole nitrogens is 1. The van der Waals surface area contributed by atoms with E-state index in [0.717, 1.165) is 0 Å². The molecule has 1 heterocycles. The van der Waals surface area contributed by atoms with Gasteiger partial charge in [0.1, 0.15) is 6.61 Å². The SMILES string of the molecule is C=C(C)C(=O)OCCOCCOCCCn1ccc(=O)[nH]c1=O. The molecule has 0 unspecified atom stereocenters. The van der Waals surface area contributed by atoms with Crippen LogP contribution in [-0.2, 0) is 25.5 Å². The molecule has 0 amide bonds. The van der Waals surface area contributed by atoms with Crippen LogP contribution in [0, 0.1) is 0 Å². The number of aryl methyl sites for hydroxylation is 1. The molecular weight excluding hydrogens is 304 g/mol. The van der Waals surface area contributed by atoms with Gasteiger partial charge in [-0.2, -0.15) is 0 Å². The highest BCUT2D eigenvalue weighted by Crippen LogP contribution is 1.92. The van der Waals surface area contributed by atoms with Crippen molar-refractivity contribution in [3.05, 3.63) is 45.3 Å². The summed E-state index contributed by atoms with van der Waals surface area (Å²) in [5, 5.41) is 0. The van der Waals surface area contributed by atoms with Crippen LogP contribution in [-0.4, -0.2) is 48.6 Å². The Morgan fingerprint density at radius 3 is 2.48 bits per heavy atom. The van der Waals surface area contributed by atoms with Crippen molar-refractivity contribution >= 4 is 5.97 Å². The van der Waals surface area contributed by atoms with Gasteiger partial charge in [0, 0.05) is 31.0 Å². The molecule has 1 aromatic heterocycles. The van der Waals surface area contributed by atoms with Crippen molar-refractivity contribution in [2.75, 3.05) is 33.0 Å². The quantitative estimate of drug-likeness (QED) is 0.351. The predicted octanol–water partition coefficient (Wildman–Crippen LogP) is 0.0792. The van der Waals surface area contributed by atoms with E-state index in [1.54, 1.807) is 6.92 Å². The summed E-state index contributed by atoms with van der Waals surface area (Å²) in [5.74, 6) is -0.428. The van der Waals surface area contributed by atoms with E-state index in [9.17, 15) is 14.4 Å². The Labute approximate surface area is 133 Å². The standard InChI is InChI=1S/C15H22N2O6/c1-12(2)14(19)23-11-10-22-9-8-21-7-3-5-17-6-4-13(18)16-15(17)20/h4,6H,1,3,5,7-11H2,2H3,(H,16,18,20). The number of aromatic amines is 1. The number of carbonyl (C=O) groups excluding carboxylic acids is 1. The minimum atomic E-state index is -0.428. The zero-order chi connectivity index (χ0) is 17.1. The van der Waals surface area contributed by atoms with Crippen molar-refractivity contribution in [3.8, 4) is 0 Å². The highest BCUT2D eigenvalue weighted by Gasteiger charge is 2.01. The molecule has 0 aliphatic heterocycles. The van der Waals surface area contributed by atoms with Gasteiger partial charge in [-0.25, -0.2) is 9.59 Å². The van der Waals surface area contributed by atoms with E-state index in [1.807, 2.05) is 0 Å². The Morgan fingerprint density at radius 1 is 1.17 bits per heavy atom. The van der Waals surface area contributed by atoms with Crippen LogP contribution in [0.2, 0.25) is 0 Å². The fourth-order valence-corrected chi connectivity index (χ4v) is 1.60. The highest BCUT2D eigenvalue weighted by atomic mass is 16.6. The second kappa shape index (κ2) is 10.5. The van der Waals surface area contributed by atoms with E-state index in [2.05, 4.69) is 11.6 Å². The number of hydrogen-bond donors (Lipinski definition) is 1. The van der Waals surface area contributed by atoms with Gasteiger partial charge in [-0.3, -0.25) is 9.78 Å². The number of nitrogens with one attached hydrogen (secondary N) is 1. The topological polar surface area (TPSA) is 99.6 Å². The van der Waals surface area contributed by atoms with Gasteiger partial charge in [-0.05, 0) is 13.3 Å². The number of nitrogens with zero attached hydrogens (tertiary/aromatic N) is 1. The molecule has 1 N–H and O–H groups in total. The van der Waals surface area contributed by atoms with Gasteiger partial charge in [0.25, 0.3) is 5.56 Å². The zero-order valence-corrected chi connectivity index (χ0v) is 13.2. The fraction of sp³-hybridized carbons (Fsp3) is 0.533. The lowest BCUT2D eigenvalue weighted by atomic mass is 10.4. The smallest absolute Gasteiger partial charge is 0.333 e. The Balaban J connectivity index is 1.98. The Bertz CT molecular complexity index is 619. The average molecular weight is 326 g/mol. The number of hydrogen-bond acceptors (Lipinski definition) is 6. The van der Waals surface area contributed by atoms with Gasteiger partial charge >= 0.3 is 11.7 Å². The molecule has 0 saturated carbocycles. The zero-order valence-electron chi connectivity index (χ0n) is 13.2. The molecule has 23 heavy (non-hydrogen) atoms. The molecule has 0 saturated heterocycles. The van der Waals surface area contributed by atoms with E-state index < -0.39 is 17.2 Å². The summed E-state index contributed by atoms with van der Waals surface area (Å²) in [6, 6.07) is 1.30. The second-order valence-electron chi connectivity index (χ2n) is 4.80. The molecule has 8 nitrogen and oxygen atoms in total. The molecule has 0 aromatic carbocycles. The predicted molar refractivity (Wildman–Crippen MR) is 83.4 cm³/mol.